The molecule has 1 rings (SSSR count). The van der Waals surface area contributed by atoms with Gasteiger partial charge in [0.1, 0.15) is 11.9 Å². The summed E-state index contributed by atoms with van der Waals surface area (Å²) in [5, 5.41) is 9.10. The molecule has 0 aliphatic carbocycles. The Bertz CT molecular complexity index is 313. The molecule has 0 radical (unpaired) electrons. The Morgan fingerprint density at radius 1 is 1.36 bits per heavy atom. The molecule has 14 heavy (non-hydrogen) atoms. The second-order valence-electron chi connectivity index (χ2n) is 3.01. The topological polar surface area (TPSA) is 29.5 Å². The second kappa shape index (κ2) is 4.37. The molecule has 0 aromatic heterocycles. The van der Waals surface area contributed by atoms with Crippen molar-refractivity contribution in [1.29, 1.82) is 0 Å². The highest BCUT2D eigenvalue weighted by atomic mass is 19.3. The SMILES string of the molecule is COc1cc(C(O)C(F)F)ccc1C. The number of methoxy groups -OCH3 is 1. The smallest absolute Gasteiger partial charge is 0.268 e. The minimum Gasteiger partial charge on any atom is -0.496 e. The zero-order valence-corrected chi connectivity index (χ0v) is 8.00. The first-order valence-electron chi connectivity index (χ1n) is 4.17. The molecule has 1 atom stereocenters. The van der Waals surface area contributed by atoms with Gasteiger partial charge in [-0.3, -0.25) is 0 Å². The predicted molar refractivity (Wildman–Crippen MR) is 48.7 cm³/mol. The monoisotopic (exact) mass is 202 g/mol. The van der Waals surface area contributed by atoms with Crippen LogP contribution in [0.15, 0.2) is 18.2 Å². The van der Waals surface area contributed by atoms with Crippen molar-refractivity contribution in [3.8, 4) is 5.75 Å². The maximum absolute atomic E-state index is 12.2. The Morgan fingerprint density at radius 2 is 2.00 bits per heavy atom. The molecular formula is C10H12F2O2. The summed E-state index contributed by atoms with van der Waals surface area (Å²) in [6.45, 7) is 1.80. The normalized spacial score (nSPS) is 13.0. The Morgan fingerprint density at radius 3 is 2.50 bits per heavy atom. The number of hydrogen-bond acceptors (Lipinski definition) is 2. The largest absolute Gasteiger partial charge is 0.496 e. The summed E-state index contributed by atoms with van der Waals surface area (Å²) in [5.74, 6) is 0.502. The van der Waals surface area contributed by atoms with Crippen LogP contribution in [0, 0.1) is 6.92 Å². The van der Waals surface area contributed by atoms with Gasteiger partial charge >= 0.3 is 0 Å². The molecule has 1 unspecified atom stereocenters. The second-order valence-corrected chi connectivity index (χ2v) is 3.01. The van der Waals surface area contributed by atoms with Gasteiger partial charge in [0.2, 0.25) is 0 Å². The van der Waals surface area contributed by atoms with Gasteiger partial charge < -0.3 is 9.84 Å². The number of hydrogen-bond donors (Lipinski definition) is 1. The van der Waals surface area contributed by atoms with Crippen LogP contribution >= 0.6 is 0 Å². The lowest BCUT2D eigenvalue weighted by atomic mass is 10.1. The van der Waals surface area contributed by atoms with Gasteiger partial charge in [-0.05, 0) is 24.1 Å². The van der Waals surface area contributed by atoms with E-state index in [9.17, 15) is 8.78 Å². The van der Waals surface area contributed by atoms with Crippen LogP contribution in [0.2, 0.25) is 0 Å². The molecule has 0 saturated heterocycles. The average molecular weight is 202 g/mol. The van der Waals surface area contributed by atoms with Crippen molar-refractivity contribution >= 4 is 0 Å². The summed E-state index contributed by atoms with van der Waals surface area (Å²) < 4.78 is 29.3. The number of benzene rings is 1. The van der Waals surface area contributed by atoms with Crippen molar-refractivity contribution in [2.45, 2.75) is 19.5 Å². The fourth-order valence-electron chi connectivity index (χ4n) is 1.17. The summed E-state index contributed by atoms with van der Waals surface area (Å²) in [5.41, 5.74) is 1.01. The third kappa shape index (κ3) is 2.20. The fourth-order valence-corrected chi connectivity index (χ4v) is 1.17. The maximum Gasteiger partial charge on any atom is 0.268 e. The van der Waals surface area contributed by atoms with Crippen molar-refractivity contribution in [2.24, 2.45) is 0 Å². The van der Waals surface area contributed by atoms with Crippen LogP contribution in [0.1, 0.15) is 17.2 Å². The lowest BCUT2D eigenvalue weighted by Gasteiger charge is -2.12. The first kappa shape index (κ1) is 10.9. The van der Waals surface area contributed by atoms with Gasteiger partial charge in [-0.25, -0.2) is 8.78 Å². The van der Waals surface area contributed by atoms with Gasteiger partial charge in [0, 0.05) is 0 Å². The van der Waals surface area contributed by atoms with Crippen LogP contribution in [0.4, 0.5) is 8.78 Å². The lowest BCUT2D eigenvalue weighted by Crippen LogP contribution is -2.08. The van der Waals surface area contributed by atoms with Gasteiger partial charge in [-0.15, -0.1) is 0 Å². The van der Waals surface area contributed by atoms with Gasteiger partial charge in [0.25, 0.3) is 6.43 Å². The van der Waals surface area contributed by atoms with E-state index in [4.69, 9.17) is 9.84 Å². The molecule has 0 aliphatic heterocycles. The van der Waals surface area contributed by atoms with E-state index < -0.39 is 12.5 Å². The summed E-state index contributed by atoms with van der Waals surface area (Å²) in [7, 11) is 1.46. The Labute approximate surface area is 81.1 Å². The summed E-state index contributed by atoms with van der Waals surface area (Å²) in [6.07, 6.45) is -4.52. The molecule has 1 aromatic rings. The highest BCUT2D eigenvalue weighted by Gasteiger charge is 2.19. The molecular weight excluding hydrogens is 190 g/mol. The summed E-state index contributed by atoms with van der Waals surface area (Å²) in [6, 6.07) is 4.53. The van der Waals surface area contributed by atoms with Crippen molar-refractivity contribution < 1.29 is 18.6 Å². The van der Waals surface area contributed by atoms with Crippen molar-refractivity contribution in [1.82, 2.24) is 0 Å². The van der Waals surface area contributed by atoms with Gasteiger partial charge in [-0.1, -0.05) is 12.1 Å². The van der Waals surface area contributed by atoms with E-state index in [-0.39, 0.29) is 5.56 Å². The Hall–Kier alpha value is -1.16. The van der Waals surface area contributed by atoms with E-state index in [1.165, 1.54) is 19.2 Å². The van der Waals surface area contributed by atoms with Crippen LogP contribution in [0.3, 0.4) is 0 Å². The molecule has 0 bridgehead atoms. The molecule has 0 saturated carbocycles. The number of alkyl halides is 2. The molecule has 0 amide bonds. The molecule has 0 fully saturated rings. The molecule has 1 aromatic carbocycles. The summed E-state index contributed by atoms with van der Waals surface area (Å²) in [4.78, 5) is 0. The molecule has 78 valence electrons. The molecule has 0 aliphatic rings. The molecule has 0 spiro atoms. The number of ether oxygens (including phenoxy) is 1. The minimum absolute atomic E-state index is 0.169. The zero-order valence-electron chi connectivity index (χ0n) is 8.00. The first-order valence-corrected chi connectivity index (χ1v) is 4.17. The average Bonchev–Trinajstić information content (AvgIpc) is 2.17. The minimum atomic E-state index is -2.78. The lowest BCUT2D eigenvalue weighted by molar-refractivity contribution is -0.00587. The zero-order chi connectivity index (χ0) is 10.7. The van der Waals surface area contributed by atoms with E-state index in [1.54, 1.807) is 13.0 Å². The molecule has 0 heterocycles. The number of halogens is 2. The van der Waals surface area contributed by atoms with Crippen molar-refractivity contribution in [2.75, 3.05) is 7.11 Å². The van der Waals surface area contributed by atoms with Crippen molar-refractivity contribution in [3.63, 3.8) is 0 Å². The highest BCUT2D eigenvalue weighted by Crippen LogP contribution is 2.26. The summed E-state index contributed by atoms with van der Waals surface area (Å²) >= 11 is 0. The van der Waals surface area contributed by atoms with Gasteiger partial charge in [0.05, 0.1) is 7.11 Å². The Balaban J connectivity index is 3.00. The van der Waals surface area contributed by atoms with E-state index in [0.717, 1.165) is 5.56 Å². The van der Waals surface area contributed by atoms with E-state index >= 15 is 0 Å². The quantitative estimate of drug-likeness (QED) is 0.814. The van der Waals surface area contributed by atoms with E-state index in [2.05, 4.69) is 0 Å². The van der Waals surface area contributed by atoms with Crippen LogP contribution in [-0.2, 0) is 0 Å². The fraction of sp³-hybridized carbons (Fsp3) is 0.400. The molecule has 4 heteroatoms. The number of aliphatic hydroxyl groups excluding tert-OH is 1. The number of aliphatic hydroxyl groups is 1. The standard InChI is InChI=1S/C10H12F2O2/c1-6-3-4-7(5-8(6)14-2)9(13)10(11)12/h3-5,9-10,13H,1-2H3. The third-order valence-electron chi connectivity index (χ3n) is 2.01. The first-order chi connectivity index (χ1) is 6.56. The molecule has 1 N–H and O–H groups in total. The van der Waals surface area contributed by atoms with Gasteiger partial charge in [-0.2, -0.15) is 0 Å². The number of aryl methyl sites for hydroxylation is 1. The van der Waals surface area contributed by atoms with Crippen LogP contribution in [0.25, 0.3) is 0 Å². The molecule has 2 nitrogen and oxygen atoms in total. The third-order valence-corrected chi connectivity index (χ3v) is 2.01. The van der Waals surface area contributed by atoms with Crippen LogP contribution in [0.5, 0.6) is 5.75 Å². The Kier molecular flexibility index (Phi) is 3.41. The number of rotatable bonds is 3. The van der Waals surface area contributed by atoms with E-state index in [1.807, 2.05) is 0 Å². The van der Waals surface area contributed by atoms with Gasteiger partial charge in [0.15, 0.2) is 0 Å². The maximum atomic E-state index is 12.2. The van der Waals surface area contributed by atoms with Crippen LogP contribution in [-0.4, -0.2) is 18.6 Å². The van der Waals surface area contributed by atoms with Crippen molar-refractivity contribution in [3.05, 3.63) is 29.3 Å². The predicted octanol–water partition coefficient (Wildman–Crippen LogP) is 2.30. The van der Waals surface area contributed by atoms with E-state index in [0.29, 0.717) is 5.75 Å². The highest BCUT2D eigenvalue weighted by molar-refractivity contribution is 5.37. The van der Waals surface area contributed by atoms with Crippen LogP contribution < -0.4 is 4.74 Å².